The molecule has 0 unspecified atom stereocenters. The zero-order chi connectivity index (χ0) is 11.3. The Kier molecular flexibility index (Phi) is 5.15. The quantitative estimate of drug-likeness (QED) is 0.586. The predicted molar refractivity (Wildman–Crippen MR) is 66.1 cm³/mol. The summed E-state index contributed by atoms with van der Waals surface area (Å²) < 4.78 is 0. The number of carbonyl (C=O) groups excluding carboxylic acids is 1. The molecule has 0 bridgehead atoms. The molecule has 0 spiro atoms. The van der Waals surface area contributed by atoms with Crippen molar-refractivity contribution in [2.24, 2.45) is 0 Å². The van der Waals surface area contributed by atoms with Crippen LogP contribution in [0.1, 0.15) is 10.4 Å². The van der Waals surface area contributed by atoms with E-state index in [0.29, 0.717) is 10.6 Å². The highest BCUT2D eigenvalue weighted by molar-refractivity contribution is 7.99. The summed E-state index contributed by atoms with van der Waals surface area (Å²) in [6.07, 6.45) is 0.820. The van der Waals surface area contributed by atoms with Crippen molar-refractivity contribution in [1.82, 2.24) is 4.90 Å². The Bertz CT molecular complexity index is 341. The SMILES string of the molecule is CN(C)CCSc1cccc(Cl)c1C=O. The van der Waals surface area contributed by atoms with Crippen LogP contribution < -0.4 is 0 Å². The van der Waals surface area contributed by atoms with Gasteiger partial charge in [0.25, 0.3) is 0 Å². The third kappa shape index (κ3) is 3.86. The lowest BCUT2D eigenvalue weighted by Gasteiger charge is -2.10. The van der Waals surface area contributed by atoms with E-state index in [1.807, 2.05) is 26.2 Å². The maximum atomic E-state index is 10.8. The molecule has 0 fully saturated rings. The highest BCUT2D eigenvalue weighted by Gasteiger charge is 2.06. The average Bonchev–Trinajstić information content (AvgIpc) is 2.17. The first kappa shape index (κ1) is 12.6. The first-order valence-corrected chi connectivity index (χ1v) is 6.02. The molecule has 1 aromatic carbocycles. The number of hydrogen-bond donors (Lipinski definition) is 0. The van der Waals surface area contributed by atoms with Crippen LogP contribution in [-0.2, 0) is 0 Å². The van der Waals surface area contributed by atoms with Crippen LogP contribution in [0.4, 0.5) is 0 Å². The average molecular weight is 244 g/mol. The van der Waals surface area contributed by atoms with Crippen molar-refractivity contribution < 1.29 is 4.79 Å². The minimum absolute atomic E-state index is 0.528. The van der Waals surface area contributed by atoms with E-state index in [0.717, 1.165) is 23.5 Å². The molecule has 0 N–H and O–H groups in total. The fourth-order valence-corrected chi connectivity index (χ4v) is 2.54. The van der Waals surface area contributed by atoms with Gasteiger partial charge >= 0.3 is 0 Å². The Balaban J connectivity index is 2.68. The maximum absolute atomic E-state index is 10.8. The zero-order valence-corrected chi connectivity index (χ0v) is 10.4. The van der Waals surface area contributed by atoms with E-state index in [1.54, 1.807) is 17.8 Å². The molecule has 0 aromatic heterocycles. The second-order valence-corrected chi connectivity index (χ2v) is 4.97. The molecule has 82 valence electrons. The summed E-state index contributed by atoms with van der Waals surface area (Å²) in [5, 5.41) is 0.528. The predicted octanol–water partition coefficient (Wildman–Crippen LogP) is 2.81. The molecular formula is C11H14ClNOS. The second kappa shape index (κ2) is 6.16. The van der Waals surface area contributed by atoms with Crippen molar-refractivity contribution in [3.63, 3.8) is 0 Å². The molecule has 0 aliphatic carbocycles. The number of thioether (sulfide) groups is 1. The lowest BCUT2D eigenvalue weighted by molar-refractivity contribution is 0.112. The number of hydrogen-bond acceptors (Lipinski definition) is 3. The molecule has 0 aliphatic heterocycles. The molecule has 0 radical (unpaired) electrons. The van der Waals surface area contributed by atoms with E-state index in [1.165, 1.54) is 0 Å². The van der Waals surface area contributed by atoms with Gasteiger partial charge in [-0.1, -0.05) is 17.7 Å². The van der Waals surface area contributed by atoms with E-state index in [9.17, 15) is 4.79 Å². The standard InChI is InChI=1S/C11H14ClNOS/c1-13(2)6-7-15-11-5-3-4-10(12)9(11)8-14/h3-5,8H,6-7H2,1-2H3. The van der Waals surface area contributed by atoms with Crippen LogP contribution in [0.5, 0.6) is 0 Å². The van der Waals surface area contributed by atoms with Crippen molar-refractivity contribution >= 4 is 29.6 Å². The van der Waals surface area contributed by atoms with E-state index < -0.39 is 0 Å². The molecule has 0 saturated heterocycles. The van der Waals surface area contributed by atoms with Crippen LogP contribution in [0.25, 0.3) is 0 Å². The van der Waals surface area contributed by atoms with E-state index >= 15 is 0 Å². The monoisotopic (exact) mass is 243 g/mol. The Labute approximate surface area is 99.6 Å². The normalized spacial score (nSPS) is 10.7. The van der Waals surface area contributed by atoms with E-state index in [4.69, 9.17) is 11.6 Å². The first-order valence-electron chi connectivity index (χ1n) is 4.66. The van der Waals surface area contributed by atoms with E-state index in [2.05, 4.69) is 4.90 Å². The molecule has 4 heteroatoms. The van der Waals surface area contributed by atoms with Crippen molar-refractivity contribution in [2.75, 3.05) is 26.4 Å². The number of nitrogens with zero attached hydrogens (tertiary/aromatic N) is 1. The zero-order valence-electron chi connectivity index (χ0n) is 8.87. The summed E-state index contributed by atoms with van der Waals surface area (Å²) in [7, 11) is 4.05. The van der Waals surface area contributed by atoms with Gasteiger partial charge in [0.15, 0.2) is 6.29 Å². The summed E-state index contributed by atoms with van der Waals surface area (Å²) in [5.41, 5.74) is 0.600. The van der Waals surface area contributed by atoms with Crippen LogP contribution in [0.2, 0.25) is 5.02 Å². The summed E-state index contributed by atoms with van der Waals surface area (Å²) in [4.78, 5) is 13.9. The Hall–Kier alpha value is -0.510. The van der Waals surface area contributed by atoms with Crippen molar-refractivity contribution in [2.45, 2.75) is 4.90 Å². The Morgan fingerprint density at radius 1 is 1.47 bits per heavy atom. The molecule has 0 heterocycles. The van der Waals surface area contributed by atoms with Crippen LogP contribution in [0.15, 0.2) is 23.1 Å². The lowest BCUT2D eigenvalue weighted by atomic mass is 10.2. The molecule has 0 saturated carbocycles. The molecule has 2 nitrogen and oxygen atoms in total. The smallest absolute Gasteiger partial charge is 0.152 e. The Morgan fingerprint density at radius 3 is 2.80 bits per heavy atom. The number of rotatable bonds is 5. The highest BCUT2D eigenvalue weighted by atomic mass is 35.5. The van der Waals surface area contributed by atoms with E-state index in [-0.39, 0.29) is 0 Å². The van der Waals surface area contributed by atoms with Gasteiger partial charge in [0, 0.05) is 22.8 Å². The number of carbonyl (C=O) groups is 1. The number of aldehydes is 1. The highest BCUT2D eigenvalue weighted by Crippen LogP contribution is 2.26. The second-order valence-electron chi connectivity index (χ2n) is 3.42. The molecule has 1 rings (SSSR count). The number of halogens is 1. The fraction of sp³-hybridized carbons (Fsp3) is 0.364. The molecule has 0 amide bonds. The first-order chi connectivity index (χ1) is 7.15. The summed E-state index contributed by atoms with van der Waals surface area (Å²) in [6.45, 7) is 0.982. The van der Waals surface area contributed by atoms with Crippen LogP contribution in [0, 0.1) is 0 Å². The summed E-state index contributed by atoms with van der Waals surface area (Å²) >= 11 is 7.57. The van der Waals surface area contributed by atoms with Gasteiger partial charge in [0.1, 0.15) is 0 Å². The van der Waals surface area contributed by atoms with Crippen molar-refractivity contribution in [3.8, 4) is 0 Å². The minimum Gasteiger partial charge on any atom is -0.309 e. The topological polar surface area (TPSA) is 20.3 Å². The van der Waals surface area contributed by atoms with Gasteiger partial charge in [-0.3, -0.25) is 4.79 Å². The molecule has 0 aliphatic rings. The lowest BCUT2D eigenvalue weighted by Crippen LogP contribution is -2.14. The minimum atomic E-state index is 0.528. The van der Waals surface area contributed by atoms with Gasteiger partial charge in [-0.15, -0.1) is 11.8 Å². The molecular weight excluding hydrogens is 230 g/mol. The summed E-state index contributed by atoms with van der Waals surface area (Å²) in [5.74, 6) is 0.953. The molecule has 1 aromatic rings. The van der Waals surface area contributed by atoms with Gasteiger partial charge in [0.2, 0.25) is 0 Å². The van der Waals surface area contributed by atoms with Crippen molar-refractivity contribution in [1.29, 1.82) is 0 Å². The molecule has 15 heavy (non-hydrogen) atoms. The van der Waals surface area contributed by atoms with Gasteiger partial charge in [0.05, 0.1) is 5.02 Å². The summed E-state index contributed by atoms with van der Waals surface area (Å²) in [6, 6.07) is 5.53. The van der Waals surface area contributed by atoms with Gasteiger partial charge in [-0.2, -0.15) is 0 Å². The van der Waals surface area contributed by atoms with Gasteiger partial charge in [-0.05, 0) is 26.2 Å². The fourth-order valence-electron chi connectivity index (χ4n) is 1.10. The largest absolute Gasteiger partial charge is 0.309 e. The van der Waals surface area contributed by atoms with Crippen LogP contribution in [-0.4, -0.2) is 37.6 Å². The van der Waals surface area contributed by atoms with Gasteiger partial charge in [-0.25, -0.2) is 0 Å². The van der Waals surface area contributed by atoms with Crippen LogP contribution >= 0.6 is 23.4 Å². The third-order valence-electron chi connectivity index (χ3n) is 1.93. The van der Waals surface area contributed by atoms with Gasteiger partial charge < -0.3 is 4.90 Å². The number of benzene rings is 1. The molecule has 0 atom stereocenters. The maximum Gasteiger partial charge on any atom is 0.152 e. The van der Waals surface area contributed by atoms with Crippen LogP contribution in [0.3, 0.4) is 0 Å². The Morgan fingerprint density at radius 2 is 2.20 bits per heavy atom. The third-order valence-corrected chi connectivity index (χ3v) is 3.31. The van der Waals surface area contributed by atoms with Crippen molar-refractivity contribution in [3.05, 3.63) is 28.8 Å².